The van der Waals surface area contributed by atoms with E-state index < -0.39 is 17.6 Å². The van der Waals surface area contributed by atoms with Gasteiger partial charge in [0.15, 0.2) is 0 Å². The lowest BCUT2D eigenvalue weighted by molar-refractivity contribution is -0.136. The van der Waals surface area contributed by atoms with E-state index in [4.69, 9.17) is 4.74 Å². The van der Waals surface area contributed by atoms with Crippen LogP contribution in [0.2, 0.25) is 0 Å². The number of amides is 4. The topological polar surface area (TPSA) is 96.0 Å². The third kappa shape index (κ3) is 3.91. The van der Waals surface area contributed by atoms with E-state index in [-0.39, 0.29) is 30.2 Å². The first-order chi connectivity index (χ1) is 14.1. The predicted molar refractivity (Wildman–Crippen MR) is 108 cm³/mol. The maximum Gasteiger partial charge on any atom is 0.410 e. The zero-order valence-electron chi connectivity index (χ0n) is 17.6. The molecule has 2 fully saturated rings. The second-order valence-electron chi connectivity index (χ2n) is 9.23. The number of ether oxygens (including phenoxy) is 1. The number of likely N-dealkylation sites (tertiary alicyclic amines) is 1. The van der Waals surface area contributed by atoms with Crippen molar-refractivity contribution >= 4 is 23.8 Å². The summed E-state index contributed by atoms with van der Waals surface area (Å²) in [4.78, 5) is 52.0. The van der Waals surface area contributed by atoms with Crippen molar-refractivity contribution in [2.75, 3.05) is 13.1 Å². The van der Waals surface area contributed by atoms with Gasteiger partial charge in [0.1, 0.15) is 11.6 Å². The zero-order valence-corrected chi connectivity index (χ0v) is 17.6. The predicted octanol–water partition coefficient (Wildman–Crippen LogP) is 2.17. The van der Waals surface area contributed by atoms with Crippen LogP contribution >= 0.6 is 0 Å². The number of nitrogens with zero attached hydrogens (tertiary/aromatic N) is 2. The van der Waals surface area contributed by atoms with Crippen molar-refractivity contribution in [3.8, 4) is 0 Å². The number of fused-ring (bicyclic) bond motifs is 1. The molecule has 3 aliphatic rings. The SMILES string of the molecule is CC(C)(C)OC(=O)N1CC[C@@H](c2ccc3c(c2)CN([C@H]2CCC(=O)NC2=O)C3=O)C1. The van der Waals surface area contributed by atoms with Crippen LogP contribution in [0.3, 0.4) is 0 Å². The minimum atomic E-state index is -0.611. The molecule has 0 saturated carbocycles. The van der Waals surface area contributed by atoms with Crippen molar-refractivity contribution < 1.29 is 23.9 Å². The molecule has 2 atom stereocenters. The Hall–Kier alpha value is -2.90. The van der Waals surface area contributed by atoms with Crippen LogP contribution in [0.25, 0.3) is 0 Å². The second kappa shape index (κ2) is 7.41. The molecule has 0 aromatic heterocycles. The van der Waals surface area contributed by atoms with E-state index in [0.29, 0.717) is 31.6 Å². The molecule has 0 spiro atoms. The summed E-state index contributed by atoms with van der Waals surface area (Å²) in [5.41, 5.74) is 2.05. The van der Waals surface area contributed by atoms with Gasteiger partial charge in [0.2, 0.25) is 11.8 Å². The third-order valence-electron chi connectivity index (χ3n) is 5.86. The van der Waals surface area contributed by atoms with E-state index in [1.807, 2.05) is 39.0 Å². The number of benzene rings is 1. The maximum absolute atomic E-state index is 12.8. The van der Waals surface area contributed by atoms with Gasteiger partial charge in [-0.25, -0.2) is 4.79 Å². The van der Waals surface area contributed by atoms with Crippen LogP contribution in [0.4, 0.5) is 4.79 Å². The average molecular weight is 413 g/mol. The third-order valence-corrected chi connectivity index (χ3v) is 5.86. The molecule has 160 valence electrons. The Morgan fingerprint density at radius 3 is 2.63 bits per heavy atom. The van der Waals surface area contributed by atoms with E-state index >= 15 is 0 Å². The molecule has 3 heterocycles. The van der Waals surface area contributed by atoms with Gasteiger partial charge in [-0.1, -0.05) is 12.1 Å². The molecule has 0 radical (unpaired) electrons. The molecule has 1 aromatic rings. The van der Waals surface area contributed by atoms with Gasteiger partial charge in [-0.05, 0) is 50.8 Å². The molecule has 8 heteroatoms. The summed E-state index contributed by atoms with van der Waals surface area (Å²) in [7, 11) is 0. The fraction of sp³-hybridized carbons (Fsp3) is 0.545. The number of nitrogens with one attached hydrogen (secondary N) is 1. The van der Waals surface area contributed by atoms with Crippen molar-refractivity contribution in [1.29, 1.82) is 0 Å². The molecule has 1 N–H and O–H groups in total. The number of carbonyl (C=O) groups is 4. The normalized spacial score (nSPS) is 24.2. The van der Waals surface area contributed by atoms with Crippen LogP contribution in [0.1, 0.15) is 67.4 Å². The van der Waals surface area contributed by atoms with Gasteiger partial charge in [-0.15, -0.1) is 0 Å². The highest BCUT2D eigenvalue weighted by molar-refractivity contribution is 6.05. The van der Waals surface area contributed by atoms with Gasteiger partial charge in [-0.3, -0.25) is 19.7 Å². The molecule has 0 bridgehead atoms. The summed E-state index contributed by atoms with van der Waals surface area (Å²) < 4.78 is 5.47. The fourth-order valence-electron chi connectivity index (χ4n) is 4.37. The van der Waals surface area contributed by atoms with Gasteiger partial charge in [0, 0.05) is 37.5 Å². The van der Waals surface area contributed by atoms with Gasteiger partial charge < -0.3 is 14.5 Å². The first-order valence-corrected chi connectivity index (χ1v) is 10.4. The highest BCUT2D eigenvalue weighted by Gasteiger charge is 2.39. The molecule has 2 saturated heterocycles. The summed E-state index contributed by atoms with van der Waals surface area (Å²) in [5, 5.41) is 2.32. The van der Waals surface area contributed by atoms with Gasteiger partial charge in [-0.2, -0.15) is 0 Å². The molecule has 30 heavy (non-hydrogen) atoms. The van der Waals surface area contributed by atoms with Crippen LogP contribution in [-0.4, -0.2) is 58.3 Å². The Morgan fingerprint density at radius 1 is 1.17 bits per heavy atom. The fourth-order valence-corrected chi connectivity index (χ4v) is 4.37. The monoisotopic (exact) mass is 413 g/mol. The van der Waals surface area contributed by atoms with E-state index in [1.165, 1.54) is 0 Å². The summed E-state index contributed by atoms with van der Waals surface area (Å²) in [5.74, 6) is -0.690. The quantitative estimate of drug-likeness (QED) is 0.750. The van der Waals surface area contributed by atoms with Crippen LogP contribution in [0.15, 0.2) is 18.2 Å². The number of imide groups is 1. The smallest absolute Gasteiger partial charge is 0.410 e. The molecular weight excluding hydrogens is 386 g/mol. The molecule has 4 amide bonds. The van der Waals surface area contributed by atoms with Crippen molar-refractivity contribution in [1.82, 2.24) is 15.1 Å². The lowest BCUT2D eigenvalue weighted by Crippen LogP contribution is -2.52. The van der Waals surface area contributed by atoms with E-state index in [2.05, 4.69) is 5.32 Å². The number of piperidine rings is 1. The Morgan fingerprint density at radius 2 is 1.93 bits per heavy atom. The van der Waals surface area contributed by atoms with Crippen LogP contribution in [-0.2, 0) is 20.9 Å². The van der Waals surface area contributed by atoms with Crippen LogP contribution < -0.4 is 5.32 Å². The number of hydrogen-bond acceptors (Lipinski definition) is 5. The largest absolute Gasteiger partial charge is 0.444 e. The lowest BCUT2D eigenvalue weighted by Gasteiger charge is -2.29. The average Bonchev–Trinajstić information content (AvgIpc) is 3.26. The Kier molecular flexibility index (Phi) is 5.03. The Bertz CT molecular complexity index is 920. The molecule has 0 aliphatic carbocycles. The molecule has 4 rings (SSSR count). The molecular formula is C22H27N3O5. The minimum Gasteiger partial charge on any atom is -0.444 e. The summed E-state index contributed by atoms with van der Waals surface area (Å²) in [6, 6.07) is 5.16. The number of carbonyl (C=O) groups excluding carboxylic acids is 4. The van der Waals surface area contributed by atoms with Gasteiger partial charge in [0.05, 0.1) is 0 Å². The maximum atomic E-state index is 12.8. The number of hydrogen-bond donors (Lipinski definition) is 1. The highest BCUT2D eigenvalue weighted by atomic mass is 16.6. The summed E-state index contributed by atoms with van der Waals surface area (Å²) in [6.07, 6.45) is 1.13. The number of rotatable bonds is 2. The first kappa shape index (κ1) is 20.4. The molecule has 0 unspecified atom stereocenters. The highest BCUT2D eigenvalue weighted by Crippen LogP contribution is 2.33. The Labute approximate surface area is 175 Å². The van der Waals surface area contributed by atoms with Crippen LogP contribution in [0, 0.1) is 0 Å². The summed E-state index contributed by atoms with van der Waals surface area (Å²) >= 11 is 0. The summed E-state index contributed by atoms with van der Waals surface area (Å²) in [6.45, 7) is 7.13. The first-order valence-electron chi connectivity index (χ1n) is 10.4. The van der Waals surface area contributed by atoms with Crippen molar-refractivity contribution in [2.45, 2.75) is 64.1 Å². The molecule has 8 nitrogen and oxygen atoms in total. The molecule has 1 aromatic carbocycles. The van der Waals surface area contributed by atoms with Crippen molar-refractivity contribution in [2.24, 2.45) is 0 Å². The molecule has 3 aliphatic heterocycles. The minimum absolute atomic E-state index is 0.173. The second-order valence-corrected chi connectivity index (χ2v) is 9.23. The van der Waals surface area contributed by atoms with Crippen molar-refractivity contribution in [3.63, 3.8) is 0 Å². The van der Waals surface area contributed by atoms with E-state index in [1.54, 1.807) is 9.80 Å². The Balaban J connectivity index is 1.45. The van der Waals surface area contributed by atoms with Gasteiger partial charge in [0.25, 0.3) is 5.91 Å². The van der Waals surface area contributed by atoms with E-state index in [9.17, 15) is 19.2 Å². The van der Waals surface area contributed by atoms with Crippen LogP contribution in [0.5, 0.6) is 0 Å². The van der Waals surface area contributed by atoms with Crippen molar-refractivity contribution in [3.05, 3.63) is 34.9 Å². The standard InChI is InChI=1S/C22H27N3O5/c1-22(2,3)30-21(29)24-9-8-14(11-24)13-4-5-16-15(10-13)12-25(20(16)28)17-6-7-18(26)23-19(17)27/h4-5,10,14,17H,6-9,11-12H2,1-3H3,(H,23,26,27)/t14-,17+/m1/s1. The van der Waals surface area contributed by atoms with E-state index in [0.717, 1.165) is 17.5 Å². The zero-order chi connectivity index (χ0) is 21.6. The van der Waals surface area contributed by atoms with Gasteiger partial charge >= 0.3 is 6.09 Å². The lowest BCUT2D eigenvalue weighted by atomic mass is 9.95.